The minimum atomic E-state index is 0.139. The summed E-state index contributed by atoms with van der Waals surface area (Å²) in [5.41, 5.74) is 0. The van der Waals surface area contributed by atoms with Crippen LogP contribution in [-0.4, -0.2) is 11.0 Å². The van der Waals surface area contributed by atoms with E-state index in [1.54, 1.807) is 0 Å². The minimum Gasteiger partial charge on any atom is -0.319 e. The van der Waals surface area contributed by atoms with E-state index in [-0.39, 0.29) is 4.38 Å². The van der Waals surface area contributed by atoms with Gasteiger partial charge in [0.25, 0.3) is 4.38 Å². The van der Waals surface area contributed by atoms with Gasteiger partial charge in [0.05, 0.1) is 6.61 Å². The fourth-order valence-corrected chi connectivity index (χ4v) is 0.781. The molecule has 0 fully saturated rings. The van der Waals surface area contributed by atoms with Crippen LogP contribution in [0.15, 0.2) is 0 Å². The van der Waals surface area contributed by atoms with Crippen molar-refractivity contribution in [2.75, 3.05) is 6.61 Å². The molecule has 4 heteroatoms. The molecule has 0 heterocycles. The number of thiol groups is 1. The highest BCUT2D eigenvalue weighted by molar-refractivity contribution is 8.10. The van der Waals surface area contributed by atoms with Crippen molar-refractivity contribution in [3.63, 3.8) is 0 Å². The Balaban J connectivity index is 2.85. The molecule has 0 saturated carbocycles. The molecular formula is C7H14O2S2. The van der Waals surface area contributed by atoms with Gasteiger partial charge in [-0.15, -0.1) is 0 Å². The summed E-state index contributed by atoms with van der Waals surface area (Å²) in [6.07, 6.45) is 4.67. The molecule has 0 aliphatic carbocycles. The molecule has 11 heavy (non-hydrogen) atoms. The predicted molar refractivity (Wildman–Crippen MR) is 52.8 cm³/mol. The predicted octanol–water partition coefficient (Wildman–Crippen LogP) is 2.73. The average molecular weight is 194 g/mol. The quantitative estimate of drug-likeness (QED) is 0.230. The maximum atomic E-state index is 4.72. The molecule has 0 aliphatic heterocycles. The molecule has 0 aromatic rings. The lowest BCUT2D eigenvalue weighted by Gasteiger charge is -2.00. The second-order valence-corrected chi connectivity index (χ2v) is 3.31. The van der Waals surface area contributed by atoms with Crippen molar-refractivity contribution in [2.24, 2.45) is 0 Å². The van der Waals surface area contributed by atoms with Gasteiger partial charge < -0.3 is 4.89 Å². The molecule has 0 saturated heterocycles. The third-order valence-electron chi connectivity index (χ3n) is 1.21. The van der Waals surface area contributed by atoms with Crippen LogP contribution in [0.3, 0.4) is 0 Å². The van der Waals surface area contributed by atoms with Crippen LogP contribution in [0.25, 0.3) is 0 Å². The second-order valence-electron chi connectivity index (χ2n) is 2.23. The molecule has 2 nitrogen and oxygen atoms in total. The number of hydrogen-bond acceptors (Lipinski definition) is 3. The van der Waals surface area contributed by atoms with Gasteiger partial charge in [-0.05, 0) is 18.6 Å². The van der Waals surface area contributed by atoms with E-state index in [2.05, 4.69) is 36.7 Å². The monoisotopic (exact) mass is 194 g/mol. The summed E-state index contributed by atoms with van der Waals surface area (Å²) in [6, 6.07) is 0. The Kier molecular flexibility index (Phi) is 8.45. The van der Waals surface area contributed by atoms with E-state index in [9.17, 15) is 0 Å². The molecule has 0 amide bonds. The molecule has 0 aromatic carbocycles. The molecular weight excluding hydrogens is 180 g/mol. The Hall–Kier alpha value is 0.200. The van der Waals surface area contributed by atoms with Gasteiger partial charge in [0, 0.05) is 0 Å². The number of unbranched alkanes of at least 4 members (excludes halogenated alkanes) is 3. The van der Waals surface area contributed by atoms with Crippen LogP contribution in [0.1, 0.15) is 32.6 Å². The van der Waals surface area contributed by atoms with E-state index in [4.69, 9.17) is 4.89 Å². The topological polar surface area (TPSA) is 18.5 Å². The number of thiocarbonyl (C=S) groups is 1. The summed E-state index contributed by atoms with van der Waals surface area (Å²) < 4.78 is 0.139. The molecule has 0 aromatic heterocycles. The first-order chi connectivity index (χ1) is 5.27. The van der Waals surface area contributed by atoms with Gasteiger partial charge in [0.15, 0.2) is 0 Å². The highest BCUT2D eigenvalue weighted by atomic mass is 32.1. The van der Waals surface area contributed by atoms with Gasteiger partial charge >= 0.3 is 0 Å². The normalized spacial score (nSPS) is 9.64. The molecule has 0 aliphatic rings. The Labute approximate surface area is 78.6 Å². The molecule has 0 unspecified atom stereocenters. The van der Waals surface area contributed by atoms with Crippen molar-refractivity contribution in [3.8, 4) is 0 Å². The van der Waals surface area contributed by atoms with E-state index in [1.807, 2.05) is 0 Å². The van der Waals surface area contributed by atoms with Crippen LogP contribution in [0.4, 0.5) is 0 Å². The SMILES string of the molecule is CCCCCCOOC(=S)S. The molecule has 0 radical (unpaired) electrons. The minimum absolute atomic E-state index is 0.139. The van der Waals surface area contributed by atoms with Gasteiger partial charge in [0.1, 0.15) is 0 Å². The summed E-state index contributed by atoms with van der Waals surface area (Å²) >= 11 is 8.24. The lowest BCUT2D eigenvalue weighted by atomic mass is 10.2. The zero-order valence-corrected chi connectivity index (χ0v) is 8.42. The Morgan fingerprint density at radius 3 is 2.64 bits per heavy atom. The van der Waals surface area contributed by atoms with Crippen LogP contribution in [0, 0.1) is 0 Å². The average Bonchev–Trinajstić information content (AvgIpc) is 1.96. The standard InChI is InChI=1S/C7H14O2S2/c1-2-3-4-5-6-8-9-7(10)11/h2-6H2,1H3,(H,10,11). The Morgan fingerprint density at radius 2 is 2.09 bits per heavy atom. The zero-order valence-electron chi connectivity index (χ0n) is 6.71. The summed E-state index contributed by atoms with van der Waals surface area (Å²) in [5, 5.41) is 0. The van der Waals surface area contributed by atoms with Gasteiger partial charge in [-0.3, -0.25) is 0 Å². The van der Waals surface area contributed by atoms with Crippen molar-refractivity contribution in [3.05, 3.63) is 0 Å². The van der Waals surface area contributed by atoms with Crippen LogP contribution in [0.2, 0.25) is 0 Å². The van der Waals surface area contributed by atoms with Crippen molar-refractivity contribution in [1.29, 1.82) is 0 Å². The van der Waals surface area contributed by atoms with Crippen LogP contribution < -0.4 is 0 Å². The summed E-state index contributed by atoms with van der Waals surface area (Å²) in [4.78, 5) is 9.24. The number of rotatable bonds is 6. The number of hydrogen-bond donors (Lipinski definition) is 1. The largest absolute Gasteiger partial charge is 0.319 e. The third-order valence-corrected chi connectivity index (χ3v) is 1.35. The summed E-state index contributed by atoms with van der Waals surface area (Å²) in [6.45, 7) is 2.76. The van der Waals surface area contributed by atoms with Gasteiger partial charge in [-0.25, -0.2) is 0 Å². The molecule has 66 valence electrons. The Bertz CT molecular complexity index is 107. The summed E-state index contributed by atoms with van der Waals surface area (Å²) in [7, 11) is 0. The molecule has 0 bridgehead atoms. The van der Waals surface area contributed by atoms with E-state index < -0.39 is 0 Å². The van der Waals surface area contributed by atoms with Gasteiger partial charge in [-0.2, -0.15) is 4.89 Å². The zero-order chi connectivity index (χ0) is 8.53. The molecule has 0 rings (SSSR count). The Morgan fingerprint density at radius 1 is 1.36 bits per heavy atom. The third kappa shape index (κ3) is 10.2. The van der Waals surface area contributed by atoms with E-state index in [1.165, 1.54) is 19.3 Å². The molecule has 0 N–H and O–H groups in total. The van der Waals surface area contributed by atoms with Crippen LogP contribution in [0.5, 0.6) is 0 Å². The fraction of sp³-hybridized carbons (Fsp3) is 0.857. The van der Waals surface area contributed by atoms with Crippen molar-refractivity contribution in [2.45, 2.75) is 32.6 Å². The van der Waals surface area contributed by atoms with E-state index in [0.29, 0.717) is 6.61 Å². The lowest BCUT2D eigenvalue weighted by molar-refractivity contribution is -0.216. The smallest absolute Gasteiger partial charge is 0.260 e. The first-order valence-electron chi connectivity index (χ1n) is 3.79. The maximum Gasteiger partial charge on any atom is 0.260 e. The van der Waals surface area contributed by atoms with Crippen LogP contribution >= 0.6 is 24.8 Å². The fourth-order valence-electron chi connectivity index (χ4n) is 0.680. The van der Waals surface area contributed by atoms with Crippen molar-refractivity contribution < 1.29 is 9.78 Å². The van der Waals surface area contributed by atoms with Gasteiger partial charge in [-0.1, -0.05) is 38.8 Å². The maximum absolute atomic E-state index is 4.72. The van der Waals surface area contributed by atoms with E-state index in [0.717, 1.165) is 6.42 Å². The van der Waals surface area contributed by atoms with E-state index >= 15 is 0 Å². The first kappa shape index (κ1) is 11.2. The highest BCUT2D eigenvalue weighted by Gasteiger charge is 1.91. The summed E-state index contributed by atoms with van der Waals surface area (Å²) in [5.74, 6) is 0. The lowest BCUT2D eigenvalue weighted by Crippen LogP contribution is -1.98. The van der Waals surface area contributed by atoms with Crippen LogP contribution in [-0.2, 0) is 9.78 Å². The van der Waals surface area contributed by atoms with Crippen molar-refractivity contribution >= 4 is 29.2 Å². The molecule has 0 spiro atoms. The first-order valence-corrected chi connectivity index (χ1v) is 4.65. The molecule has 0 atom stereocenters. The van der Waals surface area contributed by atoms with Gasteiger partial charge in [0.2, 0.25) is 0 Å². The second kappa shape index (κ2) is 8.30. The highest BCUT2D eigenvalue weighted by Crippen LogP contribution is 1.99. The van der Waals surface area contributed by atoms with Crippen molar-refractivity contribution in [1.82, 2.24) is 0 Å².